The monoisotopic (exact) mass is 637 g/mol. The van der Waals surface area contributed by atoms with Gasteiger partial charge in [-0.05, 0) is 85.6 Å². The van der Waals surface area contributed by atoms with Crippen LogP contribution in [0.15, 0.2) is 192 Å². The van der Waals surface area contributed by atoms with E-state index in [9.17, 15) is 0 Å². The first-order valence-electron chi connectivity index (χ1n) is 17.1. The molecule has 0 aliphatic heterocycles. The molecule has 10 aromatic rings. The van der Waals surface area contributed by atoms with Crippen LogP contribution in [0.4, 0.5) is 17.1 Å². The molecule has 0 spiro atoms. The first-order valence-corrected chi connectivity index (χ1v) is 17.1. The van der Waals surface area contributed by atoms with Crippen molar-refractivity contribution >= 4 is 71.3 Å². The molecule has 234 valence electrons. The number of benzene rings is 9. The Morgan fingerprint density at radius 3 is 1.76 bits per heavy atom. The Hall–Kier alpha value is -6.64. The van der Waals surface area contributed by atoms with Gasteiger partial charge in [0, 0.05) is 33.6 Å². The van der Waals surface area contributed by atoms with E-state index in [2.05, 4.69) is 193 Å². The molecular formula is C48H31NO. The zero-order chi connectivity index (χ0) is 33.0. The summed E-state index contributed by atoms with van der Waals surface area (Å²) in [4.78, 5) is 2.37. The summed E-state index contributed by atoms with van der Waals surface area (Å²) >= 11 is 0. The third-order valence-electron chi connectivity index (χ3n) is 10.0. The van der Waals surface area contributed by atoms with Crippen LogP contribution in [-0.4, -0.2) is 0 Å². The molecule has 0 atom stereocenters. The summed E-state index contributed by atoms with van der Waals surface area (Å²) in [6.07, 6.45) is 0. The first-order chi connectivity index (χ1) is 24.8. The lowest BCUT2D eigenvalue weighted by molar-refractivity contribution is 0.669. The summed E-state index contributed by atoms with van der Waals surface area (Å²) in [6.45, 7) is 0. The van der Waals surface area contributed by atoms with Gasteiger partial charge in [-0.3, -0.25) is 0 Å². The van der Waals surface area contributed by atoms with E-state index in [0.29, 0.717) is 0 Å². The van der Waals surface area contributed by atoms with Gasteiger partial charge in [-0.1, -0.05) is 146 Å². The minimum atomic E-state index is 0.865. The van der Waals surface area contributed by atoms with Gasteiger partial charge in [0.1, 0.15) is 11.2 Å². The second kappa shape index (κ2) is 11.5. The van der Waals surface area contributed by atoms with E-state index < -0.39 is 0 Å². The van der Waals surface area contributed by atoms with Crippen LogP contribution in [-0.2, 0) is 0 Å². The zero-order valence-electron chi connectivity index (χ0n) is 27.3. The Bertz CT molecular complexity index is 2850. The van der Waals surface area contributed by atoms with Gasteiger partial charge in [-0.2, -0.15) is 0 Å². The number of furan rings is 1. The predicted octanol–water partition coefficient (Wildman–Crippen LogP) is 13.8. The lowest BCUT2D eigenvalue weighted by Crippen LogP contribution is -2.10. The molecule has 0 saturated heterocycles. The predicted molar refractivity (Wildman–Crippen MR) is 212 cm³/mol. The van der Waals surface area contributed by atoms with Crippen molar-refractivity contribution in [3.8, 4) is 22.3 Å². The molecule has 2 nitrogen and oxygen atoms in total. The molecule has 0 fully saturated rings. The van der Waals surface area contributed by atoms with Gasteiger partial charge in [-0.25, -0.2) is 0 Å². The molecule has 10 rings (SSSR count). The standard InChI is InChI=1S/C48H31NO/c1-3-12-32(13-4-1)33-22-25-36(26-23-33)49(45-21-11-20-39-38-17-8-7-16-35(38)24-28-41(39)45)37-27-29-43-46(30-37)50-47-31-44(34-14-5-2-6-15-34)40-18-9-10-19-42(40)48(43)47/h1-31H. The van der Waals surface area contributed by atoms with Crippen LogP contribution in [0.5, 0.6) is 0 Å². The molecule has 9 aromatic carbocycles. The Morgan fingerprint density at radius 1 is 0.340 bits per heavy atom. The molecule has 0 aliphatic carbocycles. The van der Waals surface area contributed by atoms with Gasteiger partial charge < -0.3 is 9.32 Å². The van der Waals surface area contributed by atoms with E-state index in [4.69, 9.17) is 4.42 Å². The molecule has 50 heavy (non-hydrogen) atoms. The van der Waals surface area contributed by atoms with Gasteiger partial charge in [0.05, 0.1) is 5.69 Å². The SMILES string of the molecule is c1ccc(-c2ccc(N(c3ccc4c(c3)oc3cc(-c5ccccc5)c5ccccc5c34)c3cccc4c3ccc3ccccc34)cc2)cc1. The van der Waals surface area contributed by atoms with Gasteiger partial charge >= 0.3 is 0 Å². The molecule has 0 saturated carbocycles. The minimum Gasteiger partial charge on any atom is -0.456 e. The highest BCUT2D eigenvalue weighted by Crippen LogP contribution is 2.45. The highest BCUT2D eigenvalue weighted by Gasteiger charge is 2.20. The van der Waals surface area contributed by atoms with Crippen LogP contribution in [0.2, 0.25) is 0 Å². The fourth-order valence-corrected chi connectivity index (χ4v) is 7.70. The second-order valence-electron chi connectivity index (χ2n) is 12.9. The Kier molecular flexibility index (Phi) is 6.53. The molecular weight excluding hydrogens is 607 g/mol. The minimum absolute atomic E-state index is 0.865. The normalized spacial score (nSPS) is 11.6. The molecule has 1 aromatic heterocycles. The number of fused-ring (bicyclic) bond motifs is 8. The van der Waals surface area contributed by atoms with Crippen molar-refractivity contribution in [2.75, 3.05) is 4.90 Å². The highest BCUT2D eigenvalue weighted by atomic mass is 16.3. The van der Waals surface area contributed by atoms with Crippen molar-refractivity contribution in [2.45, 2.75) is 0 Å². The van der Waals surface area contributed by atoms with E-state index in [1.807, 2.05) is 0 Å². The molecule has 2 heteroatoms. The van der Waals surface area contributed by atoms with Gasteiger partial charge in [0.2, 0.25) is 0 Å². The van der Waals surface area contributed by atoms with Gasteiger partial charge in [0.25, 0.3) is 0 Å². The largest absolute Gasteiger partial charge is 0.456 e. The summed E-state index contributed by atoms with van der Waals surface area (Å²) in [5.41, 5.74) is 9.74. The van der Waals surface area contributed by atoms with Crippen LogP contribution in [0.25, 0.3) is 76.5 Å². The van der Waals surface area contributed by atoms with Crippen molar-refractivity contribution in [1.82, 2.24) is 0 Å². The van der Waals surface area contributed by atoms with Crippen LogP contribution >= 0.6 is 0 Å². The summed E-state index contributed by atoms with van der Waals surface area (Å²) < 4.78 is 6.78. The molecule has 0 unspecified atom stereocenters. The summed E-state index contributed by atoms with van der Waals surface area (Å²) in [7, 11) is 0. The maximum absolute atomic E-state index is 6.78. The van der Waals surface area contributed by atoms with E-state index in [0.717, 1.165) is 39.0 Å². The van der Waals surface area contributed by atoms with Gasteiger partial charge in [-0.15, -0.1) is 0 Å². The second-order valence-corrected chi connectivity index (χ2v) is 12.9. The molecule has 0 bridgehead atoms. The third kappa shape index (κ3) is 4.57. The van der Waals surface area contributed by atoms with Crippen molar-refractivity contribution in [3.63, 3.8) is 0 Å². The first kappa shape index (κ1) is 28.4. The van der Waals surface area contributed by atoms with E-state index >= 15 is 0 Å². The topological polar surface area (TPSA) is 16.4 Å². The van der Waals surface area contributed by atoms with E-state index in [-0.39, 0.29) is 0 Å². The Balaban J connectivity index is 1.20. The van der Waals surface area contributed by atoms with Gasteiger partial charge in [0.15, 0.2) is 0 Å². The molecule has 0 radical (unpaired) electrons. The highest BCUT2D eigenvalue weighted by molar-refractivity contribution is 6.22. The van der Waals surface area contributed by atoms with Crippen LogP contribution in [0.3, 0.4) is 0 Å². The molecule has 0 aliphatic rings. The fourth-order valence-electron chi connectivity index (χ4n) is 7.70. The van der Waals surface area contributed by atoms with Crippen molar-refractivity contribution < 1.29 is 4.42 Å². The maximum atomic E-state index is 6.78. The summed E-state index contributed by atoms with van der Waals surface area (Å²) in [6, 6.07) is 67.3. The lowest BCUT2D eigenvalue weighted by Gasteiger charge is -2.27. The number of anilines is 3. The fraction of sp³-hybridized carbons (Fsp3) is 0. The van der Waals surface area contributed by atoms with Crippen molar-refractivity contribution in [1.29, 1.82) is 0 Å². The number of rotatable bonds is 5. The molecule has 0 N–H and O–H groups in total. The van der Waals surface area contributed by atoms with Crippen molar-refractivity contribution in [2.24, 2.45) is 0 Å². The Labute approximate surface area is 290 Å². The molecule has 1 heterocycles. The molecule has 0 amide bonds. The van der Waals surface area contributed by atoms with E-state index in [1.54, 1.807) is 0 Å². The van der Waals surface area contributed by atoms with Crippen molar-refractivity contribution in [3.05, 3.63) is 188 Å². The maximum Gasteiger partial charge on any atom is 0.137 e. The quantitative estimate of drug-likeness (QED) is 0.175. The average Bonchev–Trinajstić information content (AvgIpc) is 3.57. The van der Waals surface area contributed by atoms with E-state index in [1.165, 1.54) is 54.6 Å². The van der Waals surface area contributed by atoms with Crippen LogP contribution in [0, 0.1) is 0 Å². The van der Waals surface area contributed by atoms with Crippen LogP contribution in [0.1, 0.15) is 0 Å². The smallest absolute Gasteiger partial charge is 0.137 e. The average molecular weight is 638 g/mol. The lowest BCUT2D eigenvalue weighted by atomic mass is 9.95. The summed E-state index contributed by atoms with van der Waals surface area (Å²) in [5.74, 6) is 0. The third-order valence-corrected chi connectivity index (χ3v) is 10.0. The summed E-state index contributed by atoms with van der Waals surface area (Å²) in [5, 5.41) is 9.60. The number of nitrogens with zero attached hydrogens (tertiary/aromatic N) is 1. The number of hydrogen-bond donors (Lipinski definition) is 0. The van der Waals surface area contributed by atoms with Crippen LogP contribution < -0.4 is 4.90 Å². The Morgan fingerprint density at radius 2 is 0.960 bits per heavy atom. The zero-order valence-corrected chi connectivity index (χ0v) is 27.3. The number of hydrogen-bond acceptors (Lipinski definition) is 2.